The van der Waals surface area contributed by atoms with E-state index in [0.29, 0.717) is 54.3 Å². The van der Waals surface area contributed by atoms with E-state index in [1.807, 2.05) is 13.0 Å². The Morgan fingerprint density at radius 2 is 1.90 bits per heavy atom. The van der Waals surface area contributed by atoms with Gasteiger partial charge in [0, 0.05) is 37.4 Å². The number of amides is 2. The maximum Gasteiger partial charge on any atom is 0.331 e. The SMILES string of the molecule is CCn1c(=O)n(CC2CC2)c(=O)c2cc(NC(=O)[C@H]3CNC[C@H]3NC(=O)c3ccc(C#N)c(Cl)c3)ccc21.Cl. The van der Waals surface area contributed by atoms with E-state index in [2.05, 4.69) is 16.0 Å². The molecule has 2 heterocycles. The summed E-state index contributed by atoms with van der Waals surface area (Å²) >= 11 is 6.06. The summed E-state index contributed by atoms with van der Waals surface area (Å²) in [6.45, 7) is 3.45. The highest BCUT2D eigenvalue weighted by Gasteiger charge is 2.34. The van der Waals surface area contributed by atoms with Crippen molar-refractivity contribution in [1.29, 1.82) is 5.26 Å². The number of carbonyl (C=O) groups excluding carboxylic acids is 2. The fraction of sp³-hybridized carbons (Fsp3) is 0.370. The summed E-state index contributed by atoms with van der Waals surface area (Å²) in [7, 11) is 0. The highest BCUT2D eigenvalue weighted by Crippen LogP contribution is 2.30. The van der Waals surface area contributed by atoms with Crippen LogP contribution < -0.4 is 27.2 Å². The Morgan fingerprint density at radius 1 is 1.13 bits per heavy atom. The maximum absolute atomic E-state index is 13.2. The number of fused-ring (bicyclic) bond motifs is 1. The quantitative estimate of drug-likeness (QED) is 0.399. The average Bonchev–Trinajstić information content (AvgIpc) is 3.62. The highest BCUT2D eigenvalue weighted by molar-refractivity contribution is 6.32. The number of aromatic nitrogens is 2. The van der Waals surface area contributed by atoms with Crippen molar-refractivity contribution >= 4 is 52.4 Å². The number of hydrogen-bond acceptors (Lipinski definition) is 6. The molecule has 2 aromatic carbocycles. The molecule has 2 fully saturated rings. The van der Waals surface area contributed by atoms with Crippen molar-refractivity contribution in [3.63, 3.8) is 0 Å². The second kappa shape index (κ2) is 11.6. The summed E-state index contributed by atoms with van der Waals surface area (Å²) in [6, 6.07) is 10.9. The number of nitriles is 1. The van der Waals surface area contributed by atoms with Crippen LogP contribution in [-0.2, 0) is 17.9 Å². The molecule has 2 aliphatic rings. The number of benzene rings is 2. The molecule has 2 atom stereocenters. The van der Waals surface area contributed by atoms with Gasteiger partial charge in [-0.2, -0.15) is 5.26 Å². The normalized spacial score (nSPS) is 18.3. The van der Waals surface area contributed by atoms with Gasteiger partial charge < -0.3 is 16.0 Å². The van der Waals surface area contributed by atoms with Crippen LogP contribution in [0.1, 0.15) is 35.7 Å². The van der Waals surface area contributed by atoms with Crippen LogP contribution in [0.4, 0.5) is 5.69 Å². The first-order valence-corrected chi connectivity index (χ1v) is 13.0. The predicted molar refractivity (Wildman–Crippen MR) is 151 cm³/mol. The molecule has 1 saturated carbocycles. The van der Waals surface area contributed by atoms with Gasteiger partial charge in [0.2, 0.25) is 5.91 Å². The van der Waals surface area contributed by atoms with Crippen molar-refractivity contribution in [2.24, 2.45) is 11.8 Å². The lowest BCUT2D eigenvalue weighted by molar-refractivity contribution is -0.119. The number of carbonyl (C=O) groups is 2. The fourth-order valence-electron chi connectivity index (χ4n) is 4.87. The highest BCUT2D eigenvalue weighted by atomic mass is 35.5. The molecule has 2 amide bonds. The molecule has 1 aromatic heterocycles. The molecule has 1 aliphatic carbocycles. The smallest absolute Gasteiger partial charge is 0.331 e. The van der Waals surface area contributed by atoms with E-state index in [-0.39, 0.29) is 40.1 Å². The lowest BCUT2D eigenvalue weighted by Gasteiger charge is -2.20. The van der Waals surface area contributed by atoms with Crippen molar-refractivity contribution in [2.75, 3.05) is 18.4 Å². The minimum absolute atomic E-state index is 0. The van der Waals surface area contributed by atoms with Crippen LogP contribution in [-0.4, -0.2) is 40.1 Å². The molecule has 1 saturated heterocycles. The van der Waals surface area contributed by atoms with E-state index in [1.165, 1.54) is 22.8 Å². The van der Waals surface area contributed by atoms with Crippen LogP contribution in [0.2, 0.25) is 5.02 Å². The van der Waals surface area contributed by atoms with Crippen LogP contribution in [0.5, 0.6) is 0 Å². The number of rotatable bonds is 7. The Labute approximate surface area is 235 Å². The summed E-state index contributed by atoms with van der Waals surface area (Å²) in [6.07, 6.45) is 2.02. The zero-order valence-electron chi connectivity index (χ0n) is 21.2. The molecule has 5 rings (SSSR count). The number of nitrogens with zero attached hydrogens (tertiary/aromatic N) is 3. The average molecular weight is 571 g/mol. The number of nitrogens with one attached hydrogen (secondary N) is 3. The largest absolute Gasteiger partial charge is 0.347 e. The first-order valence-electron chi connectivity index (χ1n) is 12.6. The van der Waals surface area contributed by atoms with Crippen molar-refractivity contribution in [3.8, 4) is 6.07 Å². The minimum atomic E-state index is -0.556. The molecule has 3 N–H and O–H groups in total. The second-order valence-electron chi connectivity index (χ2n) is 9.76. The van der Waals surface area contributed by atoms with E-state index in [9.17, 15) is 19.2 Å². The number of hydrogen-bond donors (Lipinski definition) is 3. The van der Waals surface area contributed by atoms with Gasteiger partial charge in [0.25, 0.3) is 11.5 Å². The standard InChI is InChI=1S/C27H27ClN6O4.ClH/c1-2-33-23-8-7-18(10-19(23)26(37)34(27(33)38)14-15-3-4-15)31-25(36)20-12-30-13-22(20)32-24(35)16-5-6-17(11-29)21(28)9-16;/h5-10,15,20,22,30H,2-4,12-14H2,1H3,(H,31,36)(H,32,35);1H/t20-,22+;/m0./s1. The third-order valence-electron chi connectivity index (χ3n) is 7.17. The van der Waals surface area contributed by atoms with Crippen LogP contribution in [0.25, 0.3) is 10.9 Å². The molecule has 0 unspecified atom stereocenters. The maximum atomic E-state index is 13.2. The van der Waals surface area contributed by atoms with E-state index < -0.39 is 17.9 Å². The molecule has 0 radical (unpaired) electrons. The number of aryl methyl sites for hydroxylation is 1. The van der Waals surface area contributed by atoms with Crippen molar-refractivity contribution < 1.29 is 9.59 Å². The van der Waals surface area contributed by atoms with Gasteiger partial charge in [-0.1, -0.05) is 11.6 Å². The first-order chi connectivity index (χ1) is 18.3. The van der Waals surface area contributed by atoms with E-state index in [0.717, 1.165) is 12.8 Å². The first kappa shape index (κ1) is 28.4. The van der Waals surface area contributed by atoms with E-state index >= 15 is 0 Å². The molecular weight excluding hydrogens is 543 g/mol. The van der Waals surface area contributed by atoms with Crippen molar-refractivity contribution in [3.05, 3.63) is 73.4 Å². The Morgan fingerprint density at radius 3 is 2.56 bits per heavy atom. The van der Waals surface area contributed by atoms with Crippen LogP contribution in [0.15, 0.2) is 46.0 Å². The zero-order valence-corrected chi connectivity index (χ0v) is 22.8. The van der Waals surface area contributed by atoms with Crippen LogP contribution in [0.3, 0.4) is 0 Å². The summed E-state index contributed by atoms with van der Waals surface area (Å²) in [5, 5.41) is 18.5. The molecular formula is C27H28Cl2N6O4. The Bertz CT molecular complexity index is 1600. The minimum Gasteiger partial charge on any atom is -0.347 e. The molecule has 39 heavy (non-hydrogen) atoms. The van der Waals surface area contributed by atoms with Gasteiger partial charge in [-0.25, -0.2) is 4.79 Å². The lowest BCUT2D eigenvalue weighted by atomic mass is 10.0. The van der Waals surface area contributed by atoms with Gasteiger partial charge >= 0.3 is 5.69 Å². The fourth-order valence-corrected chi connectivity index (χ4v) is 5.09. The summed E-state index contributed by atoms with van der Waals surface area (Å²) in [4.78, 5) is 52.1. The number of halogens is 2. The lowest BCUT2D eigenvalue weighted by Crippen LogP contribution is -2.44. The summed E-state index contributed by atoms with van der Waals surface area (Å²) < 4.78 is 2.88. The van der Waals surface area contributed by atoms with Crippen molar-refractivity contribution in [2.45, 2.75) is 38.9 Å². The van der Waals surface area contributed by atoms with Crippen molar-refractivity contribution in [1.82, 2.24) is 19.8 Å². The summed E-state index contributed by atoms with van der Waals surface area (Å²) in [5.74, 6) is -0.907. The van der Waals surface area contributed by atoms with E-state index in [1.54, 1.807) is 22.8 Å². The molecule has 204 valence electrons. The Balaban J connectivity index is 0.00000353. The molecule has 10 nitrogen and oxygen atoms in total. The van der Waals surface area contributed by atoms with Gasteiger partial charge in [0.1, 0.15) is 6.07 Å². The Hall–Kier alpha value is -3.65. The number of anilines is 1. The molecule has 0 spiro atoms. The second-order valence-corrected chi connectivity index (χ2v) is 10.2. The third kappa shape index (κ3) is 5.71. The Kier molecular flexibility index (Phi) is 8.45. The van der Waals surface area contributed by atoms with Gasteiger partial charge in [-0.05, 0) is 62.1 Å². The van der Waals surface area contributed by atoms with E-state index in [4.69, 9.17) is 16.9 Å². The summed E-state index contributed by atoms with van der Waals surface area (Å²) in [5.41, 5.74) is 0.864. The monoisotopic (exact) mass is 570 g/mol. The molecule has 12 heteroatoms. The molecule has 0 bridgehead atoms. The van der Waals surface area contributed by atoms with Crippen LogP contribution in [0, 0.1) is 23.2 Å². The van der Waals surface area contributed by atoms with Gasteiger partial charge in [0.05, 0.1) is 33.4 Å². The molecule has 3 aromatic rings. The van der Waals surface area contributed by atoms with Gasteiger partial charge in [-0.15, -0.1) is 12.4 Å². The predicted octanol–water partition coefficient (Wildman–Crippen LogP) is 2.50. The van der Waals surface area contributed by atoms with Gasteiger partial charge in [-0.3, -0.25) is 23.5 Å². The topological polar surface area (TPSA) is 138 Å². The molecule has 1 aliphatic heterocycles. The van der Waals surface area contributed by atoms with Crippen LogP contribution >= 0.6 is 24.0 Å². The third-order valence-corrected chi connectivity index (χ3v) is 7.48. The van der Waals surface area contributed by atoms with Gasteiger partial charge in [0.15, 0.2) is 0 Å². The zero-order chi connectivity index (χ0) is 27.0.